The van der Waals surface area contributed by atoms with Crippen LogP contribution in [-0.4, -0.2) is 74.9 Å². The third-order valence-electron chi connectivity index (χ3n) is 15.6. The average molecular weight is 1160 g/mol. The highest BCUT2D eigenvalue weighted by atomic mass is 31.2. The van der Waals surface area contributed by atoms with Crippen LogP contribution in [0, 0.1) is 0 Å². The van der Waals surface area contributed by atoms with Gasteiger partial charge in [-0.2, -0.15) is 0 Å². The number of phosphoric ester groups is 1. The van der Waals surface area contributed by atoms with E-state index in [1.807, 2.05) is 21.1 Å². The average Bonchev–Trinajstić information content (AvgIpc) is 3.43. The van der Waals surface area contributed by atoms with Crippen LogP contribution < -0.4 is 0 Å². The fourth-order valence-corrected chi connectivity index (χ4v) is 11.0. The minimum Gasteiger partial charge on any atom is -0.462 e. The molecule has 0 saturated heterocycles. The van der Waals surface area contributed by atoms with Crippen LogP contribution in [0.3, 0.4) is 0 Å². The Labute approximate surface area is 503 Å². The molecule has 2 unspecified atom stereocenters. The summed E-state index contributed by atoms with van der Waals surface area (Å²) >= 11 is 0. The first-order chi connectivity index (χ1) is 39.5. The Bertz CT molecular complexity index is 1510. The molecule has 0 aliphatic carbocycles. The number of phosphoric acid groups is 1. The fourth-order valence-electron chi connectivity index (χ4n) is 10.3. The first-order valence-electron chi connectivity index (χ1n) is 34.9. The van der Waals surface area contributed by atoms with Crippen LogP contribution in [0.4, 0.5) is 0 Å². The maximum Gasteiger partial charge on any atom is 0.472 e. The predicted molar refractivity (Wildman–Crippen MR) is 349 cm³/mol. The molecule has 9 nitrogen and oxygen atoms in total. The number of nitrogens with zero attached hydrogens (tertiary/aromatic N) is 1. The summed E-state index contributed by atoms with van der Waals surface area (Å²) in [5, 5.41) is 0. The van der Waals surface area contributed by atoms with Gasteiger partial charge in [0.05, 0.1) is 27.7 Å². The van der Waals surface area contributed by atoms with Crippen LogP contribution in [0.2, 0.25) is 0 Å². The Hall–Kier alpha value is -2.03. The van der Waals surface area contributed by atoms with Gasteiger partial charge < -0.3 is 18.9 Å². The largest absolute Gasteiger partial charge is 0.472 e. The van der Waals surface area contributed by atoms with E-state index in [-0.39, 0.29) is 25.6 Å². The quantitative estimate of drug-likeness (QED) is 0.0211. The smallest absolute Gasteiger partial charge is 0.462 e. The van der Waals surface area contributed by atoms with Crippen LogP contribution in [0.25, 0.3) is 0 Å². The van der Waals surface area contributed by atoms with Crippen molar-refractivity contribution in [1.29, 1.82) is 0 Å². The number of ether oxygens (including phenoxy) is 2. The topological polar surface area (TPSA) is 108 Å². The molecule has 0 amide bonds. The number of unbranched alkanes of at least 4 members (excludes halogenated alkanes) is 43. The molecule has 476 valence electrons. The second-order valence-electron chi connectivity index (χ2n) is 24.9. The standard InChI is InChI=1S/C71H134NO8P/c1-6-8-10-12-14-16-18-20-22-24-26-28-30-32-34-35-36-38-39-41-43-45-47-49-51-53-55-57-59-61-63-70(73)77-67-69(68-79-81(75,76)78-66-65-72(3,4)5)80-71(74)64-62-60-58-56-54-52-50-48-46-44-42-40-37-33-31-29-27-25-23-21-19-17-15-13-11-9-7-2/h9,11,15,17,21,23,27,29,69H,6-8,10,12-14,16,18-20,22,24-26,28,30-68H2,1-5H3/p+1/b11-9-,17-15-,23-21-,29-27-. The van der Waals surface area contributed by atoms with E-state index >= 15 is 0 Å². The number of likely N-dealkylation sites (N-methyl/N-ethyl adjacent to an activating group) is 1. The van der Waals surface area contributed by atoms with E-state index in [0.717, 1.165) is 57.8 Å². The summed E-state index contributed by atoms with van der Waals surface area (Å²) in [6, 6.07) is 0. The van der Waals surface area contributed by atoms with E-state index in [4.69, 9.17) is 18.5 Å². The summed E-state index contributed by atoms with van der Waals surface area (Å²) in [5.41, 5.74) is 0. The molecular weight excluding hydrogens is 1030 g/mol. The van der Waals surface area contributed by atoms with Crippen molar-refractivity contribution in [2.45, 2.75) is 347 Å². The number of carbonyl (C=O) groups is 2. The number of quaternary nitrogens is 1. The van der Waals surface area contributed by atoms with Gasteiger partial charge in [-0.05, 0) is 51.4 Å². The van der Waals surface area contributed by atoms with Crippen LogP contribution in [0.15, 0.2) is 48.6 Å². The fraction of sp³-hybridized carbons (Fsp3) is 0.859. The second kappa shape index (κ2) is 62.5. The molecule has 10 heteroatoms. The first-order valence-corrected chi connectivity index (χ1v) is 36.4. The number of hydrogen-bond acceptors (Lipinski definition) is 7. The monoisotopic (exact) mass is 1160 g/mol. The summed E-state index contributed by atoms with van der Waals surface area (Å²) in [4.78, 5) is 35.9. The van der Waals surface area contributed by atoms with E-state index in [1.165, 1.54) is 250 Å². The maximum absolute atomic E-state index is 12.9. The second-order valence-corrected chi connectivity index (χ2v) is 26.4. The molecule has 0 aromatic rings. The van der Waals surface area contributed by atoms with Crippen LogP contribution in [0.5, 0.6) is 0 Å². The molecular formula is C71H135NO8P+. The van der Waals surface area contributed by atoms with E-state index in [1.54, 1.807) is 0 Å². The highest BCUT2D eigenvalue weighted by Gasteiger charge is 2.27. The third-order valence-corrected chi connectivity index (χ3v) is 16.6. The zero-order valence-electron chi connectivity index (χ0n) is 54.3. The lowest BCUT2D eigenvalue weighted by molar-refractivity contribution is -0.870. The molecule has 0 heterocycles. The lowest BCUT2D eigenvalue weighted by atomic mass is 10.0. The van der Waals surface area contributed by atoms with Crippen LogP contribution >= 0.6 is 7.82 Å². The third kappa shape index (κ3) is 67.0. The molecule has 0 aromatic heterocycles. The molecule has 0 rings (SSSR count). The van der Waals surface area contributed by atoms with E-state index in [2.05, 4.69) is 62.5 Å². The highest BCUT2D eigenvalue weighted by molar-refractivity contribution is 7.47. The summed E-state index contributed by atoms with van der Waals surface area (Å²) < 4.78 is 34.7. The van der Waals surface area contributed by atoms with Gasteiger partial charge in [-0.25, -0.2) is 4.57 Å². The molecule has 0 aliphatic rings. The number of hydrogen-bond donors (Lipinski definition) is 1. The Morgan fingerprint density at radius 3 is 1.05 bits per heavy atom. The van der Waals surface area contributed by atoms with Gasteiger partial charge in [0, 0.05) is 12.8 Å². The predicted octanol–water partition coefficient (Wildman–Crippen LogP) is 22.4. The van der Waals surface area contributed by atoms with Gasteiger partial charge in [0.1, 0.15) is 19.8 Å². The van der Waals surface area contributed by atoms with E-state index in [0.29, 0.717) is 23.9 Å². The Balaban J connectivity index is 4.00. The van der Waals surface area contributed by atoms with Crippen molar-refractivity contribution in [3.05, 3.63) is 48.6 Å². The lowest BCUT2D eigenvalue weighted by Gasteiger charge is -2.24. The highest BCUT2D eigenvalue weighted by Crippen LogP contribution is 2.43. The summed E-state index contributed by atoms with van der Waals surface area (Å²) in [5.74, 6) is -0.780. The van der Waals surface area contributed by atoms with Gasteiger partial charge in [-0.3, -0.25) is 18.6 Å². The Morgan fingerprint density at radius 1 is 0.395 bits per heavy atom. The number of carbonyl (C=O) groups excluding carboxylic acids is 2. The maximum atomic E-state index is 12.9. The van der Waals surface area contributed by atoms with Crippen molar-refractivity contribution in [3.8, 4) is 0 Å². The van der Waals surface area contributed by atoms with Crippen molar-refractivity contribution in [1.82, 2.24) is 0 Å². The Morgan fingerprint density at radius 2 is 0.704 bits per heavy atom. The molecule has 2 atom stereocenters. The molecule has 81 heavy (non-hydrogen) atoms. The first kappa shape index (κ1) is 79.0. The molecule has 0 fully saturated rings. The number of esters is 2. The zero-order valence-corrected chi connectivity index (χ0v) is 55.2. The molecule has 1 N–H and O–H groups in total. The summed E-state index contributed by atoms with van der Waals surface area (Å²) in [6.07, 6.45) is 80.8. The molecule has 0 radical (unpaired) electrons. The Kier molecular flexibility index (Phi) is 60.9. The summed E-state index contributed by atoms with van der Waals surface area (Å²) in [6.45, 7) is 4.39. The van der Waals surface area contributed by atoms with Gasteiger partial charge in [0.25, 0.3) is 0 Å². The SMILES string of the molecule is CC/C=C\C/C=C\C/C=C\C/C=C\CCCCCCCCCCCCCCCCC(=O)OC(COC(=O)CCCCCCCCCCCCCCCCCCCCCCCCCCCCCCCC)COP(=O)(O)OCC[N+](C)(C)C. The zero-order chi connectivity index (χ0) is 59.1. The van der Waals surface area contributed by atoms with Crippen molar-refractivity contribution in [3.63, 3.8) is 0 Å². The molecule has 0 aliphatic heterocycles. The van der Waals surface area contributed by atoms with Crippen molar-refractivity contribution >= 4 is 19.8 Å². The van der Waals surface area contributed by atoms with Crippen LogP contribution in [-0.2, 0) is 32.7 Å². The van der Waals surface area contributed by atoms with Crippen molar-refractivity contribution < 1.29 is 42.1 Å². The van der Waals surface area contributed by atoms with Gasteiger partial charge in [0.15, 0.2) is 6.10 Å². The van der Waals surface area contributed by atoms with Crippen molar-refractivity contribution in [2.24, 2.45) is 0 Å². The van der Waals surface area contributed by atoms with Gasteiger partial charge >= 0.3 is 19.8 Å². The van der Waals surface area contributed by atoms with Gasteiger partial charge in [0.2, 0.25) is 0 Å². The van der Waals surface area contributed by atoms with Gasteiger partial charge in [-0.1, -0.05) is 326 Å². The van der Waals surface area contributed by atoms with Crippen LogP contribution in [0.1, 0.15) is 341 Å². The molecule has 0 spiro atoms. The minimum atomic E-state index is -4.39. The number of rotatable bonds is 65. The van der Waals surface area contributed by atoms with E-state index < -0.39 is 26.5 Å². The summed E-state index contributed by atoms with van der Waals surface area (Å²) in [7, 11) is 1.49. The molecule has 0 aromatic carbocycles. The minimum absolute atomic E-state index is 0.0331. The van der Waals surface area contributed by atoms with E-state index in [9.17, 15) is 19.0 Å². The molecule has 0 bridgehead atoms. The van der Waals surface area contributed by atoms with Crippen molar-refractivity contribution in [2.75, 3.05) is 47.5 Å². The lowest BCUT2D eigenvalue weighted by Crippen LogP contribution is -2.37. The number of allylic oxidation sites excluding steroid dienone is 8. The van der Waals surface area contributed by atoms with Gasteiger partial charge in [-0.15, -0.1) is 0 Å². The molecule has 0 saturated carbocycles. The normalized spacial score (nSPS) is 13.4.